The van der Waals surface area contributed by atoms with Gasteiger partial charge in [-0.1, -0.05) is 19.0 Å². The van der Waals surface area contributed by atoms with E-state index in [1.165, 1.54) is 19.3 Å². The van der Waals surface area contributed by atoms with Gasteiger partial charge in [0.15, 0.2) is 5.82 Å². The average Bonchev–Trinajstić information content (AvgIpc) is 2.96. The zero-order valence-electron chi connectivity index (χ0n) is 17.2. The molecule has 4 aliphatic carbocycles. The molecule has 4 aliphatic rings. The highest BCUT2D eigenvalue weighted by Crippen LogP contribution is 2.55. The molecular weight excluding hydrogens is 356 g/mol. The number of nitrogens with one attached hydrogen (secondary N) is 2. The highest BCUT2D eigenvalue weighted by Gasteiger charge is 2.51. The summed E-state index contributed by atoms with van der Waals surface area (Å²) in [4.78, 5) is 27.3. The third kappa shape index (κ3) is 4.18. The van der Waals surface area contributed by atoms with E-state index in [9.17, 15) is 9.59 Å². The van der Waals surface area contributed by atoms with Crippen molar-refractivity contribution >= 4 is 17.8 Å². The van der Waals surface area contributed by atoms with Crippen LogP contribution in [0.3, 0.4) is 0 Å². The van der Waals surface area contributed by atoms with Crippen LogP contribution in [0.1, 0.15) is 58.1 Å². The Kier molecular flexibility index (Phi) is 5.10. The molecule has 0 radical (unpaired) electrons. The molecule has 1 heterocycles. The maximum absolute atomic E-state index is 13.2. The molecule has 0 atom stereocenters. The fourth-order valence-electron chi connectivity index (χ4n) is 6.01. The van der Waals surface area contributed by atoms with Crippen LogP contribution in [0.25, 0.3) is 0 Å². The Hall–Kier alpha value is -2.05. The number of carbonyl (C=O) groups is 2. The molecule has 0 aliphatic heterocycles. The second-order valence-electron chi connectivity index (χ2n) is 9.77. The van der Waals surface area contributed by atoms with E-state index in [0.717, 1.165) is 37.0 Å². The smallest absolute Gasteiger partial charge is 0.318 e. The summed E-state index contributed by atoms with van der Waals surface area (Å²) in [6, 6.07) is 1.56. The molecule has 4 fully saturated rings. The van der Waals surface area contributed by atoms with Crippen molar-refractivity contribution in [3.63, 3.8) is 0 Å². The first kappa shape index (κ1) is 19.3. The van der Waals surface area contributed by atoms with E-state index >= 15 is 0 Å². The molecule has 154 valence electrons. The lowest BCUT2D eigenvalue weighted by atomic mass is 9.53. The topological polar surface area (TPSA) is 87.5 Å². The Morgan fingerprint density at radius 1 is 1.21 bits per heavy atom. The van der Waals surface area contributed by atoms with Gasteiger partial charge in [0, 0.05) is 18.2 Å². The molecule has 1 aromatic heterocycles. The fraction of sp³-hybridized carbons (Fsp3) is 0.762. The molecule has 0 spiro atoms. The van der Waals surface area contributed by atoms with Crippen molar-refractivity contribution < 1.29 is 14.1 Å². The highest BCUT2D eigenvalue weighted by atomic mass is 16.5. The lowest BCUT2D eigenvalue weighted by molar-refractivity contribution is -0.117. The molecule has 28 heavy (non-hydrogen) atoms. The molecule has 4 bridgehead atoms. The standard InChI is InChI=1S/C21H32N4O3/c1-13(2)11-25(12-19(26)22-18-4-14(3)28-24-18)20(27)23-21-8-15-5-16(9-21)7-17(6-15)10-21/h4,13,15-17H,5-12H2,1-3H3,(H,23,27)(H,22,24,26). The van der Waals surface area contributed by atoms with Gasteiger partial charge in [-0.05, 0) is 69.1 Å². The minimum atomic E-state index is -0.255. The first-order chi connectivity index (χ1) is 13.3. The van der Waals surface area contributed by atoms with Crippen molar-refractivity contribution in [2.75, 3.05) is 18.4 Å². The first-order valence-corrected chi connectivity index (χ1v) is 10.6. The molecule has 3 amide bonds. The number of rotatable bonds is 6. The second-order valence-corrected chi connectivity index (χ2v) is 9.77. The highest BCUT2D eigenvalue weighted by molar-refractivity contribution is 5.93. The first-order valence-electron chi connectivity index (χ1n) is 10.6. The predicted molar refractivity (Wildman–Crippen MR) is 106 cm³/mol. The Labute approximate surface area is 166 Å². The van der Waals surface area contributed by atoms with Gasteiger partial charge in [0.05, 0.1) is 0 Å². The Balaban J connectivity index is 1.40. The van der Waals surface area contributed by atoms with Crippen LogP contribution in [0.5, 0.6) is 0 Å². The van der Waals surface area contributed by atoms with E-state index in [0.29, 0.717) is 18.1 Å². The maximum atomic E-state index is 13.2. The number of aromatic nitrogens is 1. The van der Waals surface area contributed by atoms with Gasteiger partial charge in [0.2, 0.25) is 5.91 Å². The lowest BCUT2D eigenvalue weighted by Crippen LogP contribution is -2.62. The van der Waals surface area contributed by atoms with E-state index in [1.807, 2.05) is 0 Å². The number of hydrogen-bond donors (Lipinski definition) is 2. The van der Waals surface area contributed by atoms with Crippen LogP contribution in [0, 0.1) is 30.6 Å². The van der Waals surface area contributed by atoms with Crippen molar-refractivity contribution in [3.05, 3.63) is 11.8 Å². The van der Waals surface area contributed by atoms with Gasteiger partial charge in [-0.15, -0.1) is 0 Å². The van der Waals surface area contributed by atoms with Crippen LogP contribution in [0.15, 0.2) is 10.6 Å². The second kappa shape index (κ2) is 7.41. The van der Waals surface area contributed by atoms with E-state index < -0.39 is 0 Å². The number of anilines is 1. The summed E-state index contributed by atoms with van der Waals surface area (Å²) in [5, 5.41) is 9.88. The zero-order chi connectivity index (χ0) is 19.9. The van der Waals surface area contributed by atoms with Crippen molar-refractivity contribution in [1.82, 2.24) is 15.4 Å². The minimum absolute atomic E-state index is 0.0162. The van der Waals surface area contributed by atoms with E-state index in [1.54, 1.807) is 17.9 Å². The summed E-state index contributed by atoms with van der Waals surface area (Å²) in [5.41, 5.74) is -0.0548. The molecule has 0 saturated heterocycles. The number of carbonyl (C=O) groups excluding carboxylic acids is 2. The van der Waals surface area contributed by atoms with Crippen LogP contribution in [0.2, 0.25) is 0 Å². The number of aryl methyl sites for hydroxylation is 1. The average molecular weight is 389 g/mol. The molecule has 7 heteroatoms. The monoisotopic (exact) mass is 388 g/mol. The summed E-state index contributed by atoms with van der Waals surface area (Å²) < 4.78 is 4.98. The van der Waals surface area contributed by atoms with Crippen molar-refractivity contribution in [1.29, 1.82) is 0 Å². The third-order valence-corrected chi connectivity index (χ3v) is 6.51. The summed E-state index contributed by atoms with van der Waals surface area (Å²) >= 11 is 0. The number of nitrogens with zero attached hydrogens (tertiary/aromatic N) is 2. The minimum Gasteiger partial charge on any atom is -0.360 e. The Morgan fingerprint density at radius 2 is 1.82 bits per heavy atom. The lowest BCUT2D eigenvalue weighted by Gasteiger charge is -2.57. The van der Waals surface area contributed by atoms with Crippen molar-refractivity contribution in [2.24, 2.45) is 23.7 Å². The summed E-state index contributed by atoms with van der Waals surface area (Å²) in [6.07, 6.45) is 7.32. The van der Waals surface area contributed by atoms with E-state index in [4.69, 9.17) is 4.52 Å². The zero-order valence-corrected chi connectivity index (χ0v) is 17.2. The van der Waals surface area contributed by atoms with Crippen LogP contribution in [-0.2, 0) is 4.79 Å². The molecular formula is C21H32N4O3. The number of amides is 3. The van der Waals surface area contributed by atoms with Gasteiger partial charge in [0.1, 0.15) is 12.3 Å². The quantitative estimate of drug-likeness (QED) is 0.780. The SMILES string of the molecule is Cc1cc(NC(=O)CN(CC(C)C)C(=O)NC23CC4CC(CC(C4)C2)C3)no1. The molecule has 0 unspecified atom stereocenters. The largest absolute Gasteiger partial charge is 0.360 e. The van der Waals surface area contributed by atoms with Gasteiger partial charge in [-0.3, -0.25) is 4.79 Å². The maximum Gasteiger partial charge on any atom is 0.318 e. The molecule has 2 N–H and O–H groups in total. The third-order valence-electron chi connectivity index (χ3n) is 6.51. The fourth-order valence-corrected chi connectivity index (χ4v) is 6.01. The molecule has 5 rings (SSSR count). The van der Waals surface area contributed by atoms with Gasteiger partial charge < -0.3 is 20.1 Å². The molecule has 7 nitrogen and oxygen atoms in total. The van der Waals surface area contributed by atoms with Crippen molar-refractivity contribution in [2.45, 2.75) is 64.8 Å². The van der Waals surface area contributed by atoms with Gasteiger partial charge in [0.25, 0.3) is 0 Å². The van der Waals surface area contributed by atoms with Gasteiger partial charge >= 0.3 is 6.03 Å². The summed E-state index contributed by atoms with van der Waals surface area (Å²) in [5.74, 6) is 3.35. The molecule has 0 aromatic carbocycles. The predicted octanol–water partition coefficient (Wildman–Crippen LogP) is 3.56. The Morgan fingerprint density at radius 3 is 2.32 bits per heavy atom. The molecule has 1 aromatic rings. The normalized spacial score (nSPS) is 30.5. The van der Waals surface area contributed by atoms with Crippen LogP contribution < -0.4 is 10.6 Å². The van der Waals surface area contributed by atoms with Crippen molar-refractivity contribution in [3.8, 4) is 0 Å². The van der Waals surface area contributed by atoms with E-state index in [-0.39, 0.29) is 29.9 Å². The van der Waals surface area contributed by atoms with Crippen LogP contribution >= 0.6 is 0 Å². The summed E-state index contributed by atoms with van der Waals surface area (Å²) in [6.45, 7) is 6.45. The molecule has 4 saturated carbocycles. The van der Waals surface area contributed by atoms with Crippen LogP contribution in [-0.4, -0.2) is 40.6 Å². The summed E-state index contributed by atoms with van der Waals surface area (Å²) in [7, 11) is 0. The van der Waals surface area contributed by atoms with Gasteiger partial charge in [-0.2, -0.15) is 0 Å². The number of urea groups is 1. The number of hydrogen-bond acceptors (Lipinski definition) is 4. The van der Waals surface area contributed by atoms with Crippen LogP contribution in [0.4, 0.5) is 10.6 Å². The van der Waals surface area contributed by atoms with Gasteiger partial charge in [-0.25, -0.2) is 4.79 Å². The Bertz CT molecular complexity index is 706. The van der Waals surface area contributed by atoms with E-state index in [2.05, 4.69) is 29.6 Å².